The van der Waals surface area contributed by atoms with E-state index in [4.69, 9.17) is 4.74 Å². The van der Waals surface area contributed by atoms with Gasteiger partial charge in [0.2, 0.25) is 0 Å². The molecule has 0 spiro atoms. The lowest BCUT2D eigenvalue weighted by atomic mass is 9.44. The maximum absolute atomic E-state index is 11.3. The summed E-state index contributed by atoms with van der Waals surface area (Å²) in [4.78, 5) is 0. The van der Waals surface area contributed by atoms with E-state index in [1.165, 1.54) is 70.6 Å². The first kappa shape index (κ1) is 20.2. The molecule has 1 N–H and O–H groups in total. The Bertz CT molecular complexity index is 532. The number of fused-ring (bicyclic) bond motifs is 5. The molecule has 0 bridgehead atoms. The second-order valence-electron chi connectivity index (χ2n) is 11.3. The zero-order chi connectivity index (χ0) is 19.3. The van der Waals surface area contributed by atoms with Gasteiger partial charge in [0.05, 0.1) is 11.7 Å². The van der Waals surface area contributed by atoms with Crippen molar-refractivity contribution in [3.63, 3.8) is 0 Å². The summed E-state index contributed by atoms with van der Waals surface area (Å²) in [5.41, 5.74) is 0.754. The van der Waals surface area contributed by atoms with Gasteiger partial charge in [-0.15, -0.1) is 0 Å². The maximum atomic E-state index is 11.3. The quantitative estimate of drug-likeness (QED) is 0.566. The Balaban J connectivity index is 1.55. The molecule has 0 radical (unpaired) electrons. The SMILES string of the molecule is CCCCCOC1(C)CCC2C3C(O)CC4CCCC[C@]4(C)C3CC[C@@]21C. The van der Waals surface area contributed by atoms with E-state index in [-0.39, 0.29) is 17.1 Å². The van der Waals surface area contributed by atoms with Crippen LogP contribution in [0.25, 0.3) is 0 Å². The zero-order valence-corrected chi connectivity index (χ0v) is 18.4. The fraction of sp³-hybridized carbons (Fsp3) is 1.00. The van der Waals surface area contributed by atoms with E-state index in [1.54, 1.807) is 0 Å². The third-order valence-electron chi connectivity index (χ3n) is 10.3. The van der Waals surface area contributed by atoms with E-state index in [1.807, 2.05) is 0 Å². The molecule has 6 unspecified atom stereocenters. The highest BCUT2D eigenvalue weighted by atomic mass is 16.5. The van der Waals surface area contributed by atoms with Gasteiger partial charge in [-0.05, 0) is 92.8 Å². The van der Waals surface area contributed by atoms with Crippen molar-refractivity contribution in [2.24, 2.45) is 34.5 Å². The minimum Gasteiger partial charge on any atom is -0.393 e. The van der Waals surface area contributed by atoms with Crippen molar-refractivity contribution in [2.75, 3.05) is 6.61 Å². The molecule has 0 heterocycles. The minimum absolute atomic E-state index is 0.0143. The monoisotopic (exact) mass is 376 g/mol. The van der Waals surface area contributed by atoms with Crippen molar-refractivity contribution < 1.29 is 9.84 Å². The number of aliphatic hydroxyl groups is 1. The average molecular weight is 377 g/mol. The first-order valence-electron chi connectivity index (χ1n) is 12.2. The van der Waals surface area contributed by atoms with Crippen molar-refractivity contribution in [3.05, 3.63) is 0 Å². The highest BCUT2D eigenvalue weighted by Crippen LogP contribution is 2.68. The summed E-state index contributed by atoms with van der Waals surface area (Å²) in [6.07, 6.45) is 15.4. The summed E-state index contributed by atoms with van der Waals surface area (Å²) in [7, 11) is 0. The highest BCUT2D eigenvalue weighted by Gasteiger charge is 2.65. The van der Waals surface area contributed by atoms with Gasteiger partial charge in [0, 0.05) is 6.61 Å². The number of hydrogen-bond acceptors (Lipinski definition) is 2. The molecule has 0 aromatic carbocycles. The van der Waals surface area contributed by atoms with Crippen LogP contribution in [0.1, 0.15) is 105 Å². The number of ether oxygens (including phenoxy) is 1. The third kappa shape index (κ3) is 3.03. The van der Waals surface area contributed by atoms with Gasteiger partial charge in [-0.1, -0.05) is 46.5 Å². The molecule has 0 amide bonds. The summed E-state index contributed by atoms with van der Waals surface area (Å²) in [5, 5.41) is 11.3. The van der Waals surface area contributed by atoms with Gasteiger partial charge in [-0.2, -0.15) is 0 Å². The Hall–Kier alpha value is -0.0800. The standard InChI is InChI=1S/C25H44O2/c1-5-6-9-16-27-25(4)15-12-20-22-19(11-14-24(20,25)3)23(2)13-8-7-10-18(23)17-21(22)26/h18-22,26H,5-17H2,1-4H3/t18?,19?,20?,21?,22?,23-,24-,25?/m0/s1. The lowest BCUT2D eigenvalue weighted by Crippen LogP contribution is -2.59. The molecule has 4 fully saturated rings. The number of aliphatic hydroxyl groups excluding tert-OH is 1. The first-order valence-corrected chi connectivity index (χ1v) is 12.2. The van der Waals surface area contributed by atoms with E-state index in [2.05, 4.69) is 27.7 Å². The summed E-state index contributed by atoms with van der Waals surface area (Å²) in [5.74, 6) is 2.68. The van der Waals surface area contributed by atoms with E-state index in [0.717, 1.165) is 24.9 Å². The normalized spacial score (nSPS) is 52.1. The van der Waals surface area contributed by atoms with Crippen LogP contribution in [0.3, 0.4) is 0 Å². The smallest absolute Gasteiger partial charge is 0.0710 e. The molecule has 8 atom stereocenters. The van der Waals surface area contributed by atoms with Crippen LogP contribution in [0.5, 0.6) is 0 Å². The largest absolute Gasteiger partial charge is 0.393 e. The Morgan fingerprint density at radius 2 is 1.70 bits per heavy atom. The Kier molecular flexibility index (Phi) is 5.47. The second-order valence-corrected chi connectivity index (χ2v) is 11.3. The lowest BCUT2D eigenvalue weighted by Gasteiger charge is -2.62. The Labute approximate surface area is 167 Å². The average Bonchev–Trinajstić information content (AvgIpc) is 2.91. The van der Waals surface area contributed by atoms with E-state index < -0.39 is 0 Å². The molecule has 4 aliphatic carbocycles. The summed E-state index contributed by atoms with van der Waals surface area (Å²) >= 11 is 0. The molecule has 156 valence electrons. The molecular weight excluding hydrogens is 332 g/mol. The molecule has 4 saturated carbocycles. The van der Waals surface area contributed by atoms with E-state index in [0.29, 0.717) is 17.3 Å². The maximum Gasteiger partial charge on any atom is 0.0710 e. The molecule has 0 aromatic rings. The summed E-state index contributed by atoms with van der Waals surface area (Å²) < 4.78 is 6.63. The van der Waals surface area contributed by atoms with Gasteiger partial charge in [0.15, 0.2) is 0 Å². The molecule has 27 heavy (non-hydrogen) atoms. The lowest BCUT2D eigenvalue weighted by molar-refractivity contribution is -0.193. The molecule has 4 rings (SSSR count). The van der Waals surface area contributed by atoms with Crippen LogP contribution >= 0.6 is 0 Å². The minimum atomic E-state index is -0.0711. The van der Waals surface area contributed by atoms with Gasteiger partial charge < -0.3 is 9.84 Å². The van der Waals surface area contributed by atoms with Crippen molar-refractivity contribution in [2.45, 2.75) is 116 Å². The van der Waals surface area contributed by atoms with E-state index >= 15 is 0 Å². The first-order chi connectivity index (χ1) is 12.9. The van der Waals surface area contributed by atoms with Crippen molar-refractivity contribution in [1.29, 1.82) is 0 Å². The molecular formula is C25H44O2. The molecule has 0 aromatic heterocycles. The van der Waals surface area contributed by atoms with Crippen molar-refractivity contribution in [3.8, 4) is 0 Å². The summed E-state index contributed by atoms with van der Waals surface area (Å²) in [6, 6.07) is 0. The molecule has 2 nitrogen and oxygen atoms in total. The van der Waals surface area contributed by atoms with Crippen molar-refractivity contribution in [1.82, 2.24) is 0 Å². The predicted molar refractivity (Wildman–Crippen MR) is 112 cm³/mol. The highest BCUT2D eigenvalue weighted by molar-refractivity contribution is 5.14. The predicted octanol–water partition coefficient (Wildman–Crippen LogP) is 6.36. The van der Waals surface area contributed by atoms with Gasteiger partial charge in [0.25, 0.3) is 0 Å². The van der Waals surface area contributed by atoms with Crippen LogP contribution in [-0.2, 0) is 4.74 Å². The Morgan fingerprint density at radius 1 is 0.926 bits per heavy atom. The van der Waals surface area contributed by atoms with Crippen LogP contribution in [0, 0.1) is 34.5 Å². The topological polar surface area (TPSA) is 29.5 Å². The fourth-order valence-electron chi connectivity index (χ4n) is 8.37. The third-order valence-corrected chi connectivity index (χ3v) is 10.3. The van der Waals surface area contributed by atoms with Crippen molar-refractivity contribution >= 4 is 0 Å². The van der Waals surface area contributed by atoms with Crippen LogP contribution in [0.2, 0.25) is 0 Å². The molecule has 0 saturated heterocycles. The van der Waals surface area contributed by atoms with Gasteiger partial charge in [-0.25, -0.2) is 0 Å². The molecule has 4 aliphatic rings. The Morgan fingerprint density at radius 3 is 2.48 bits per heavy atom. The summed E-state index contributed by atoms with van der Waals surface area (Å²) in [6.45, 7) is 10.7. The number of hydrogen-bond donors (Lipinski definition) is 1. The van der Waals surface area contributed by atoms with Crippen LogP contribution in [0.15, 0.2) is 0 Å². The van der Waals surface area contributed by atoms with Gasteiger partial charge in [-0.3, -0.25) is 0 Å². The van der Waals surface area contributed by atoms with Crippen LogP contribution in [0.4, 0.5) is 0 Å². The molecule has 0 aliphatic heterocycles. The number of rotatable bonds is 5. The fourth-order valence-corrected chi connectivity index (χ4v) is 8.37. The van der Waals surface area contributed by atoms with Gasteiger partial charge >= 0.3 is 0 Å². The van der Waals surface area contributed by atoms with Crippen LogP contribution < -0.4 is 0 Å². The molecule has 2 heteroatoms. The second kappa shape index (κ2) is 7.31. The number of unbranched alkanes of at least 4 members (excludes halogenated alkanes) is 2. The van der Waals surface area contributed by atoms with E-state index in [9.17, 15) is 5.11 Å². The van der Waals surface area contributed by atoms with Crippen LogP contribution in [-0.4, -0.2) is 23.4 Å². The van der Waals surface area contributed by atoms with Gasteiger partial charge in [0.1, 0.15) is 0 Å². The zero-order valence-electron chi connectivity index (χ0n) is 18.4.